The summed E-state index contributed by atoms with van der Waals surface area (Å²) in [5.41, 5.74) is 0.774. The molecule has 8 heteroatoms. The average molecular weight is 344 g/mol. The molecular weight excluding hydrogens is 325 g/mol. The molecule has 2 amide bonds. The van der Waals surface area contributed by atoms with E-state index >= 15 is 0 Å². The Morgan fingerprint density at radius 1 is 1.24 bits per heavy atom. The Morgan fingerprint density at radius 2 is 2.04 bits per heavy atom. The minimum atomic E-state index is -0.388. The van der Waals surface area contributed by atoms with Crippen molar-refractivity contribution in [1.82, 2.24) is 14.9 Å². The standard InChI is InChI=1S/C17H18FN5O2/c18-13-2-1-3-14(10-13)21-16(24)12-22-6-8-23(9-7-22)17(25)15-11-19-4-5-20-15/h1-5,10-11H,6-9,12H2,(H,21,24)/p+1. The lowest BCUT2D eigenvalue weighted by molar-refractivity contribution is -0.895. The normalized spacial score (nSPS) is 15.0. The molecule has 2 heterocycles. The number of rotatable bonds is 4. The molecule has 0 radical (unpaired) electrons. The van der Waals surface area contributed by atoms with E-state index in [1.807, 2.05) is 0 Å². The van der Waals surface area contributed by atoms with Crippen LogP contribution in [-0.2, 0) is 4.79 Å². The van der Waals surface area contributed by atoms with Gasteiger partial charge in [0, 0.05) is 18.1 Å². The SMILES string of the molecule is O=C(C[NH+]1CCN(C(=O)c2cnccn2)CC1)Nc1cccc(F)c1. The fourth-order valence-electron chi connectivity index (χ4n) is 2.77. The minimum Gasteiger partial charge on any atom is -0.326 e. The summed E-state index contributed by atoms with van der Waals surface area (Å²) in [5, 5.41) is 2.69. The number of hydrogen-bond donors (Lipinski definition) is 2. The highest BCUT2D eigenvalue weighted by Gasteiger charge is 2.26. The molecule has 1 aromatic carbocycles. The van der Waals surface area contributed by atoms with Crippen LogP contribution in [0.2, 0.25) is 0 Å². The number of hydrogen-bond acceptors (Lipinski definition) is 4. The Kier molecular flexibility index (Phi) is 5.30. The van der Waals surface area contributed by atoms with Crippen molar-refractivity contribution in [2.45, 2.75) is 0 Å². The Balaban J connectivity index is 1.47. The van der Waals surface area contributed by atoms with Crippen LogP contribution in [0, 0.1) is 5.82 Å². The van der Waals surface area contributed by atoms with Gasteiger partial charge < -0.3 is 15.1 Å². The summed E-state index contributed by atoms with van der Waals surface area (Å²) in [7, 11) is 0. The molecule has 1 aliphatic rings. The number of carbonyl (C=O) groups is 2. The number of halogens is 1. The van der Waals surface area contributed by atoms with Gasteiger partial charge in [0.25, 0.3) is 11.8 Å². The van der Waals surface area contributed by atoms with Gasteiger partial charge in [-0.2, -0.15) is 0 Å². The number of piperazine rings is 1. The van der Waals surface area contributed by atoms with Gasteiger partial charge in [0.2, 0.25) is 0 Å². The smallest absolute Gasteiger partial charge is 0.279 e. The van der Waals surface area contributed by atoms with Gasteiger partial charge in [-0.25, -0.2) is 9.37 Å². The van der Waals surface area contributed by atoms with Gasteiger partial charge in [0.05, 0.1) is 32.4 Å². The van der Waals surface area contributed by atoms with E-state index in [-0.39, 0.29) is 24.2 Å². The second-order valence-corrected chi connectivity index (χ2v) is 5.87. The van der Waals surface area contributed by atoms with E-state index in [4.69, 9.17) is 0 Å². The van der Waals surface area contributed by atoms with Crippen molar-refractivity contribution >= 4 is 17.5 Å². The number of nitrogens with zero attached hydrogens (tertiary/aromatic N) is 3. The van der Waals surface area contributed by atoms with Crippen LogP contribution in [-0.4, -0.2) is 59.4 Å². The molecule has 0 aliphatic carbocycles. The molecule has 25 heavy (non-hydrogen) atoms. The van der Waals surface area contributed by atoms with E-state index in [0.29, 0.717) is 37.6 Å². The summed E-state index contributed by atoms with van der Waals surface area (Å²) in [5.74, 6) is -0.702. The molecule has 2 N–H and O–H groups in total. The van der Waals surface area contributed by atoms with Crippen molar-refractivity contribution in [2.75, 3.05) is 38.0 Å². The molecule has 2 aromatic rings. The molecule has 0 spiro atoms. The molecule has 3 rings (SSSR count). The number of aromatic nitrogens is 2. The number of carbonyl (C=O) groups excluding carboxylic acids is 2. The number of benzene rings is 1. The Morgan fingerprint density at radius 3 is 2.72 bits per heavy atom. The van der Waals surface area contributed by atoms with Gasteiger partial charge in [0.1, 0.15) is 11.5 Å². The third-order valence-corrected chi connectivity index (χ3v) is 4.06. The third kappa shape index (κ3) is 4.57. The lowest BCUT2D eigenvalue weighted by Gasteiger charge is -2.31. The molecule has 130 valence electrons. The number of anilines is 1. The summed E-state index contributed by atoms with van der Waals surface area (Å²) < 4.78 is 13.1. The Labute approximate surface area is 144 Å². The first kappa shape index (κ1) is 17.0. The van der Waals surface area contributed by atoms with Crippen LogP contribution in [0.15, 0.2) is 42.9 Å². The Hall–Kier alpha value is -2.87. The van der Waals surface area contributed by atoms with Crippen LogP contribution in [0.3, 0.4) is 0 Å². The molecule has 1 saturated heterocycles. The van der Waals surface area contributed by atoms with Crippen LogP contribution in [0.1, 0.15) is 10.5 Å². The van der Waals surface area contributed by atoms with Gasteiger partial charge in [-0.15, -0.1) is 0 Å². The molecule has 0 unspecified atom stereocenters. The largest absolute Gasteiger partial charge is 0.326 e. The predicted molar refractivity (Wildman–Crippen MR) is 88.5 cm³/mol. The van der Waals surface area contributed by atoms with Crippen molar-refractivity contribution in [1.29, 1.82) is 0 Å². The van der Waals surface area contributed by atoms with Gasteiger partial charge in [-0.05, 0) is 18.2 Å². The van der Waals surface area contributed by atoms with Gasteiger partial charge in [0.15, 0.2) is 6.54 Å². The fourth-order valence-corrected chi connectivity index (χ4v) is 2.77. The van der Waals surface area contributed by atoms with E-state index < -0.39 is 0 Å². The maximum absolute atomic E-state index is 13.1. The number of quaternary nitrogens is 1. The monoisotopic (exact) mass is 344 g/mol. The second-order valence-electron chi connectivity index (χ2n) is 5.87. The summed E-state index contributed by atoms with van der Waals surface area (Å²) in [4.78, 5) is 35.1. The minimum absolute atomic E-state index is 0.142. The van der Waals surface area contributed by atoms with E-state index in [0.717, 1.165) is 4.90 Å². The highest BCUT2D eigenvalue weighted by molar-refractivity contribution is 5.92. The van der Waals surface area contributed by atoms with Crippen LogP contribution >= 0.6 is 0 Å². The zero-order valence-electron chi connectivity index (χ0n) is 13.6. The van der Waals surface area contributed by atoms with Crippen molar-refractivity contribution in [2.24, 2.45) is 0 Å². The highest BCUT2D eigenvalue weighted by atomic mass is 19.1. The average Bonchev–Trinajstić information content (AvgIpc) is 2.62. The van der Waals surface area contributed by atoms with Crippen LogP contribution < -0.4 is 10.2 Å². The first-order chi connectivity index (χ1) is 12.1. The second kappa shape index (κ2) is 7.80. The molecule has 7 nitrogen and oxygen atoms in total. The van der Waals surface area contributed by atoms with Gasteiger partial charge >= 0.3 is 0 Å². The van der Waals surface area contributed by atoms with E-state index in [2.05, 4.69) is 15.3 Å². The van der Waals surface area contributed by atoms with Gasteiger partial charge in [-0.1, -0.05) is 6.07 Å². The van der Waals surface area contributed by atoms with Crippen molar-refractivity contribution in [3.8, 4) is 0 Å². The fraction of sp³-hybridized carbons (Fsp3) is 0.294. The molecule has 1 fully saturated rings. The summed E-state index contributed by atoms with van der Waals surface area (Å²) in [6.45, 7) is 2.73. The molecule has 0 atom stereocenters. The molecule has 0 saturated carbocycles. The zero-order valence-corrected chi connectivity index (χ0v) is 13.6. The molecular formula is C17H19FN5O2+. The van der Waals surface area contributed by atoms with E-state index in [9.17, 15) is 14.0 Å². The van der Waals surface area contributed by atoms with Crippen LogP contribution in [0.4, 0.5) is 10.1 Å². The first-order valence-corrected chi connectivity index (χ1v) is 8.06. The van der Waals surface area contributed by atoms with E-state index in [1.54, 1.807) is 17.0 Å². The molecule has 1 aliphatic heterocycles. The van der Waals surface area contributed by atoms with Crippen molar-refractivity contribution in [3.63, 3.8) is 0 Å². The summed E-state index contributed by atoms with van der Waals surface area (Å²) in [6.07, 6.45) is 4.47. The number of nitrogens with one attached hydrogen (secondary N) is 2. The lowest BCUT2D eigenvalue weighted by atomic mass is 10.2. The molecule has 0 bridgehead atoms. The zero-order chi connectivity index (χ0) is 17.6. The third-order valence-electron chi connectivity index (χ3n) is 4.06. The quantitative estimate of drug-likeness (QED) is 0.791. The maximum atomic E-state index is 13.1. The molecule has 1 aromatic heterocycles. The topological polar surface area (TPSA) is 79.6 Å². The maximum Gasteiger partial charge on any atom is 0.279 e. The Bertz CT molecular complexity index is 748. The van der Waals surface area contributed by atoms with Crippen LogP contribution in [0.25, 0.3) is 0 Å². The number of amides is 2. The first-order valence-electron chi connectivity index (χ1n) is 8.06. The summed E-state index contributed by atoms with van der Waals surface area (Å²) >= 11 is 0. The highest BCUT2D eigenvalue weighted by Crippen LogP contribution is 2.08. The lowest BCUT2D eigenvalue weighted by Crippen LogP contribution is -3.15. The van der Waals surface area contributed by atoms with Crippen molar-refractivity contribution < 1.29 is 18.9 Å². The summed E-state index contributed by atoms with van der Waals surface area (Å²) in [6, 6.07) is 5.81. The van der Waals surface area contributed by atoms with E-state index in [1.165, 1.54) is 30.7 Å². The van der Waals surface area contributed by atoms with Crippen LogP contribution in [0.5, 0.6) is 0 Å². The van der Waals surface area contributed by atoms with Gasteiger partial charge in [-0.3, -0.25) is 14.6 Å². The predicted octanol–water partition coefficient (Wildman–Crippen LogP) is -0.405. The van der Waals surface area contributed by atoms with Crippen molar-refractivity contribution in [3.05, 3.63) is 54.4 Å².